The minimum absolute atomic E-state index is 0. The third-order valence-corrected chi connectivity index (χ3v) is 0. The molecule has 0 aromatic heterocycles. The summed E-state index contributed by atoms with van der Waals surface area (Å²) in [5.41, 5.74) is 0. The van der Waals surface area contributed by atoms with Crippen molar-refractivity contribution in [2.45, 2.75) is 0 Å². The SMILES string of the molecule is [Ce].[La].[Mg].[Pr]. The fourth-order valence-electron chi connectivity index (χ4n) is 0. The van der Waals surface area contributed by atoms with E-state index in [1.54, 1.807) is 0 Å². The average Bonchev–Trinajstić information content (AvgIpc) is 0. The zero-order valence-corrected chi connectivity index (χ0v) is 14.2. The largest absolute Gasteiger partial charge is 0 e. The second-order valence-electron chi connectivity index (χ2n) is 0. The summed E-state index contributed by atoms with van der Waals surface area (Å²) in [6, 6.07) is 0. The molecule has 0 aromatic carbocycles. The minimum atomic E-state index is 0. The molecular formula is CeLaMgPr. The normalized spacial score (nSPS) is 0. The summed E-state index contributed by atoms with van der Waals surface area (Å²) in [4.78, 5) is 0. The van der Waals surface area contributed by atoms with Crippen molar-refractivity contribution in [2.24, 2.45) is 0 Å². The molecule has 0 aliphatic rings. The first kappa shape index (κ1) is 23.3. The van der Waals surface area contributed by atoms with Crippen LogP contribution in [0.15, 0.2) is 0 Å². The number of hydrogen-bond acceptors (Lipinski definition) is 0. The molecule has 0 fully saturated rings. The fraction of sp³-hybridized carbons (Fsp3) is 0. The molecule has 0 aliphatic heterocycles. The minimum Gasteiger partial charge on any atom is 0 e. The maximum absolute atomic E-state index is 0. The molecule has 0 spiro atoms. The first-order valence-corrected chi connectivity index (χ1v) is 0. The number of hydrogen-bond donors (Lipinski definition) is 0. The molecule has 0 atom stereocenters. The van der Waals surface area contributed by atoms with Gasteiger partial charge in [-0.1, -0.05) is 0 Å². The third kappa shape index (κ3) is 9.86. The van der Waals surface area contributed by atoms with Gasteiger partial charge in [0.05, 0.1) is 0 Å². The molecule has 0 aliphatic carbocycles. The molecule has 4 heteroatoms. The van der Waals surface area contributed by atoms with Crippen molar-refractivity contribution in [3.63, 3.8) is 0 Å². The zero-order valence-electron chi connectivity index (χ0n) is 2.36. The topological polar surface area (TPSA) is 0 Å². The second-order valence-corrected chi connectivity index (χ2v) is 0. The predicted octanol–water partition coefficient (Wildman–Crippen LogP) is -0.381. The molecule has 0 saturated carbocycles. The maximum atomic E-state index is 0. The Hall–Kier alpha value is 4.70. The molecule has 0 N–H and O–H groups in total. The first-order chi connectivity index (χ1) is 0. The van der Waals surface area contributed by atoms with Crippen LogP contribution in [0.2, 0.25) is 0 Å². The van der Waals surface area contributed by atoms with E-state index >= 15 is 0 Å². The van der Waals surface area contributed by atoms with Crippen LogP contribution in [0.3, 0.4) is 0 Å². The van der Waals surface area contributed by atoms with Gasteiger partial charge in [0, 0.05) is 142 Å². The Morgan fingerprint density at radius 3 is 1.00 bits per heavy atom. The molecule has 0 bridgehead atoms. The Balaban J connectivity index is 0. The molecule has 0 amide bonds. The van der Waals surface area contributed by atoms with E-state index in [0.717, 1.165) is 0 Å². The summed E-state index contributed by atoms with van der Waals surface area (Å²) in [5, 5.41) is 0. The summed E-state index contributed by atoms with van der Waals surface area (Å²) >= 11 is 0. The molecule has 4 heavy (non-hydrogen) atoms. The van der Waals surface area contributed by atoms with Gasteiger partial charge < -0.3 is 0 Å². The van der Waals surface area contributed by atoms with E-state index in [9.17, 15) is 0 Å². The third-order valence-electron chi connectivity index (χ3n) is 0. The molecule has 0 aromatic rings. The van der Waals surface area contributed by atoms with Crippen LogP contribution in [-0.2, 0) is 0 Å². The van der Waals surface area contributed by atoms with Crippen LogP contribution in [-0.4, -0.2) is 23.1 Å². The van der Waals surface area contributed by atoms with Crippen LogP contribution in [0.1, 0.15) is 0 Å². The van der Waals surface area contributed by atoms with E-state index < -0.39 is 0 Å². The van der Waals surface area contributed by atoms with Crippen molar-refractivity contribution >= 4 is 23.1 Å². The van der Waals surface area contributed by atoms with Crippen LogP contribution in [0, 0.1) is 119 Å². The van der Waals surface area contributed by atoms with Crippen molar-refractivity contribution in [3.05, 3.63) is 0 Å². The first-order valence-electron chi connectivity index (χ1n) is 0. The molecule has 0 heterocycles. The van der Waals surface area contributed by atoms with Crippen LogP contribution in [0.25, 0.3) is 0 Å². The van der Waals surface area contributed by atoms with Crippen molar-refractivity contribution in [3.8, 4) is 0 Å². The summed E-state index contributed by atoms with van der Waals surface area (Å²) < 4.78 is 0. The van der Waals surface area contributed by atoms with E-state index in [4.69, 9.17) is 0 Å². The molecular weight excluding hydrogens is 444 g/mol. The predicted molar refractivity (Wildman–Crippen MR) is 5.75 cm³/mol. The Bertz CT molecular complexity index is 8.00. The van der Waals surface area contributed by atoms with Crippen LogP contribution in [0.4, 0.5) is 0 Å². The van der Waals surface area contributed by atoms with Crippen LogP contribution >= 0.6 is 0 Å². The Morgan fingerprint density at radius 2 is 1.00 bits per heavy atom. The van der Waals surface area contributed by atoms with Gasteiger partial charge in [-0.2, -0.15) is 0 Å². The van der Waals surface area contributed by atoms with Gasteiger partial charge in [0.25, 0.3) is 0 Å². The van der Waals surface area contributed by atoms with Crippen molar-refractivity contribution in [1.82, 2.24) is 0 Å². The molecule has 0 unspecified atom stereocenters. The van der Waals surface area contributed by atoms with Crippen LogP contribution < -0.4 is 0 Å². The van der Waals surface area contributed by atoms with Crippen LogP contribution in [0.5, 0.6) is 0 Å². The fourth-order valence-corrected chi connectivity index (χ4v) is 0. The van der Waals surface area contributed by atoms with Gasteiger partial charge in [-0.3, -0.25) is 0 Å². The summed E-state index contributed by atoms with van der Waals surface area (Å²) in [5.74, 6) is 0. The standard InChI is InChI=1S/Ce.La.Mg.Pr. The average molecular weight is 444 g/mol. The van der Waals surface area contributed by atoms with Gasteiger partial charge in [-0.05, 0) is 0 Å². The Morgan fingerprint density at radius 1 is 1.00 bits per heavy atom. The molecule has 0 nitrogen and oxygen atoms in total. The Labute approximate surface area is 137 Å². The molecule has 4 radical (unpaired) electrons. The zero-order chi connectivity index (χ0) is 0. The van der Waals surface area contributed by atoms with Crippen molar-refractivity contribution in [1.29, 1.82) is 0 Å². The smallest absolute Gasteiger partial charge is 0 e. The quantitative estimate of drug-likeness (QED) is 0.448. The van der Waals surface area contributed by atoms with Gasteiger partial charge in [0.1, 0.15) is 0 Å². The monoisotopic (exact) mass is 444 g/mol. The van der Waals surface area contributed by atoms with Gasteiger partial charge in [-0.15, -0.1) is 0 Å². The second kappa shape index (κ2) is 15.6. The van der Waals surface area contributed by atoms with Crippen molar-refractivity contribution < 1.29 is 119 Å². The molecule has 0 saturated heterocycles. The van der Waals surface area contributed by atoms with E-state index in [-0.39, 0.29) is 142 Å². The summed E-state index contributed by atoms with van der Waals surface area (Å²) in [6.07, 6.45) is 0. The van der Waals surface area contributed by atoms with Gasteiger partial charge in [0.15, 0.2) is 0 Å². The van der Waals surface area contributed by atoms with E-state index in [1.807, 2.05) is 0 Å². The van der Waals surface area contributed by atoms with Gasteiger partial charge in [0.2, 0.25) is 0 Å². The van der Waals surface area contributed by atoms with E-state index in [2.05, 4.69) is 0 Å². The molecule has 12 valence electrons. The summed E-state index contributed by atoms with van der Waals surface area (Å²) in [7, 11) is 0. The molecule has 0 rings (SSSR count). The number of rotatable bonds is 0. The van der Waals surface area contributed by atoms with Gasteiger partial charge in [-0.25, -0.2) is 0 Å². The van der Waals surface area contributed by atoms with E-state index in [0.29, 0.717) is 0 Å². The maximum Gasteiger partial charge on any atom is 0 e. The Kier molecular flexibility index (Phi) is 91.3. The van der Waals surface area contributed by atoms with E-state index in [1.165, 1.54) is 0 Å². The van der Waals surface area contributed by atoms with Gasteiger partial charge >= 0.3 is 0 Å². The van der Waals surface area contributed by atoms with Crippen molar-refractivity contribution in [2.75, 3.05) is 0 Å². The summed E-state index contributed by atoms with van der Waals surface area (Å²) in [6.45, 7) is 0.